The van der Waals surface area contributed by atoms with Crippen molar-refractivity contribution in [2.24, 2.45) is 0 Å². The van der Waals surface area contributed by atoms with Crippen molar-refractivity contribution in [1.29, 1.82) is 5.26 Å². The van der Waals surface area contributed by atoms with E-state index >= 15 is 0 Å². The van der Waals surface area contributed by atoms with Crippen molar-refractivity contribution in [3.63, 3.8) is 0 Å². The van der Waals surface area contributed by atoms with E-state index in [1.165, 1.54) is 18.2 Å². The van der Waals surface area contributed by atoms with Crippen molar-refractivity contribution >= 4 is 47.1 Å². The Hall–Kier alpha value is -8.29. The predicted octanol–water partition coefficient (Wildman–Crippen LogP) is 5.59. The normalized spacial score (nSPS) is 16.9. The summed E-state index contributed by atoms with van der Waals surface area (Å²) >= 11 is 0. The zero-order valence-electron chi connectivity index (χ0n) is 43.2. The zero-order chi connectivity index (χ0) is 54.5. The second-order valence-corrected chi connectivity index (χ2v) is 18.6. The van der Waals surface area contributed by atoms with Gasteiger partial charge in [0.2, 0.25) is 17.7 Å². The van der Waals surface area contributed by atoms with Crippen molar-refractivity contribution in [3.8, 4) is 28.8 Å². The van der Waals surface area contributed by atoms with Crippen LogP contribution in [0.3, 0.4) is 0 Å². The lowest BCUT2D eigenvalue weighted by Gasteiger charge is -2.37. The number of hydrogen-bond acceptors (Lipinski definition) is 16. The molecule has 0 spiro atoms. The number of anilines is 2. The minimum absolute atomic E-state index is 0.00520. The van der Waals surface area contributed by atoms with E-state index in [2.05, 4.69) is 37.3 Å². The molecule has 1 aliphatic carbocycles. The molecule has 2 fully saturated rings. The number of piperidine rings is 1. The van der Waals surface area contributed by atoms with Crippen LogP contribution in [0.1, 0.15) is 76.8 Å². The lowest BCUT2D eigenvalue weighted by atomic mass is 9.89. The average molecular weight is 1070 g/mol. The minimum atomic E-state index is -1.11. The minimum Gasteiger partial charge on any atom is -0.483 e. The van der Waals surface area contributed by atoms with Crippen molar-refractivity contribution < 1.29 is 57.2 Å². The fourth-order valence-electron chi connectivity index (χ4n) is 9.24. The number of carbonyl (C=O) groups excluding carboxylic acids is 6. The van der Waals surface area contributed by atoms with E-state index in [1.807, 2.05) is 77.7 Å². The lowest BCUT2D eigenvalue weighted by Crippen LogP contribution is -2.54. The zero-order valence-corrected chi connectivity index (χ0v) is 43.2. The molecular formula is C57H63N9O12. The number of carbonyl (C=O) groups is 6. The summed E-state index contributed by atoms with van der Waals surface area (Å²) in [6, 6.07) is 30.7. The van der Waals surface area contributed by atoms with Gasteiger partial charge < -0.3 is 44.4 Å². The van der Waals surface area contributed by atoms with Gasteiger partial charge >= 0.3 is 6.03 Å². The second-order valence-electron chi connectivity index (χ2n) is 18.6. The maximum Gasteiger partial charge on any atom is 0.322 e. The molecule has 21 heteroatoms. The third-order valence-corrected chi connectivity index (χ3v) is 13.2. The van der Waals surface area contributed by atoms with Crippen LogP contribution in [0.15, 0.2) is 109 Å². The molecule has 0 bridgehead atoms. The van der Waals surface area contributed by atoms with Crippen LogP contribution in [0.2, 0.25) is 0 Å². The number of fused-ring (bicyclic) bond motifs is 1. The molecule has 21 nitrogen and oxygen atoms in total. The number of amides is 7. The number of nitrogens with one attached hydrogen (secondary N) is 4. The third-order valence-electron chi connectivity index (χ3n) is 13.2. The highest BCUT2D eigenvalue weighted by atomic mass is 16.6. The topological polar surface area (TPSA) is 262 Å². The molecule has 78 heavy (non-hydrogen) atoms. The number of nitrogens with zero attached hydrogens (tertiary/aromatic N) is 5. The molecule has 7 amide bonds. The van der Waals surface area contributed by atoms with Crippen LogP contribution in [0.25, 0.3) is 11.1 Å². The first-order valence-corrected chi connectivity index (χ1v) is 26.1. The maximum absolute atomic E-state index is 13.9. The van der Waals surface area contributed by atoms with Crippen molar-refractivity contribution in [3.05, 3.63) is 132 Å². The molecular weight excluding hydrogens is 1000 g/mol. The first-order chi connectivity index (χ1) is 38.1. The van der Waals surface area contributed by atoms with Gasteiger partial charge in [0.25, 0.3) is 17.7 Å². The number of hydrogen-bond donors (Lipinski definition) is 4. The van der Waals surface area contributed by atoms with E-state index in [0.717, 1.165) is 58.8 Å². The standard InChI is InChI=1S/C57H63N9O12/c58-35-40-10-20-49(61-37-40)63-43-13-17-45(18-14-43)65(57(72)62-36-39-6-2-1-3-7-39)44-15-11-41(12-16-44)42-22-24-60-52(34-42)77-33-32-76-31-30-75-29-28-74-27-26-73-25-5-23-59-51(68)38-78-48-9-4-8-46-53(48)56(71)66(55(46)70)47-19-21-50(67)64-54(47)69/h1-4,6-12,15-16,20,22,24,34,37,43,45,47H,5,13-14,17-19,21,23,25-33,36,38H2,(H,59,68)(H,61,63)(H,62,72)(H,64,67,69)/t43-,45-,47?. The van der Waals surface area contributed by atoms with Crippen LogP contribution in [-0.2, 0) is 39.9 Å². The fourth-order valence-corrected chi connectivity index (χ4v) is 9.24. The Morgan fingerprint density at radius 2 is 1.44 bits per heavy atom. The number of aromatic nitrogens is 2. The van der Waals surface area contributed by atoms with Crippen LogP contribution in [0.5, 0.6) is 11.6 Å². The Kier molecular flexibility index (Phi) is 20.6. The molecule has 408 valence electrons. The predicted molar refractivity (Wildman–Crippen MR) is 284 cm³/mol. The summed E-state index contributed by atoms with van der Waals surface area (Å²) in [5.41, 5.74) is 4.25. The number of benzene rings is 3. The van der Waals surface area contributed by atoms with Crippen molar-refractivity contribution in [2.75, 3.05) is 82.8 Å². The Balaban J connectivity index is 0.656. The summed E-state index contributed by atoms with van der Waals surface area (Å²) < 4.78 is 33.9. The van der Waals surface area contributed by atoms with Gasteiger partial charge in [-0.25, -0.2) is 14.8 Å². The molecule has 5 aromatic rings. The van der Waals surface area contributed by atoms with Gasteiger partial charge in [-0.05, 0) is 97.7 Å². The SMILES string of the molecule is N#Cc1ccc(N[C@H]2CC[C@H](N(C(=O)NCc3ccccc3)c3ccc(-c4ccnc(OCCOCCOCCOCCOCCCNC(=O)COc5cccc6c5C(=O)N(C5CCC(=O)NC5=O)C6=O)c4)cc3)CC2)nc1. The fraction of sp³-hybridized carbons (Fsp3) is 0.386. The summed E-state index contributed by atoms with van der Waals surface area (Å²) in [6.45, 7) is 3.64. The average Bonchev–Trinajstić information content (AvgIpc) is 3.77. The van der Waals surface area contributed by atoms with Gasteiger partial charge in [0, 0.05) is 62.3 Å². The summed E-state index contributed by atoms with van der Waals surface area (Å²) in [5.74, 6) is -1.74. The molecule has 1 atom stereocenters. The summed E-state index contributed by atoms with van der Waals surface area (Å²) in [5, 5.41) is 20.6. The molecule has 1 unspecified atom stereocenters. The van der Waals surface area contributed by atoms with E-state index < -0.39 is 42.2 Å². The van der Waals surface area contributed by atoms with Crippen LogP contribution in [0, 0.1) is 11.3 Å². The first kappa shape index (κ1) is 55.9. The summed E-state index contributed by atoms with van der Waals surface area (Å²) in [7, 11) is 0. The van der Waals surface area contributed by atoms with Gasteiger partial charge in [-0.3, -0.25) is 39.1 Å². The van der Waals surface area contributed by atoms with E-state index in [-0.39, 0.29) is 47.8 Å². The van der Waals surface area contributed by atoms with Crippen LogP contribution in [-0.4, -0.2) is 141 Å². The smallest absolute Gasteiger partial charge is 0.322 e. The number of urea groups is 1. The highest BCUT2D eigenvalue weighted by molar-refractivity contribution is 6.24. The van der Waals surface area contributed by atoms with Gasteiger partial charge in [-0.1, -0.05) is 48.5 Å². The van der Waals surface area contributed by atoms with Crippen molar-refractivity contribution in [2.45, 2.75) is 69.6 Å². The second kappa shape index (κ2) is 28.7. The number of imide groups is 2. The van der Waals surface area contributed by atoms with E-state index in [0.29, 0.717) is 90.4 Å². The van der Waals surface area contributed by atoms with Gasteiger partial charge in [-0.15, -0.1) is 0 Å². The van der Waals surface area contributed by atoms with Gasteiger partial charge in [0.05, 0.1) is 62.9 Å². The molecule has 1 saturated carbocycles. The number of rotatable bonds is 28. The number of nitriles is 1. The molecule has 2 aliphatic heterocycles. The van der Waals surface area contributed by atoms with Crippen LogP contribution < -0.4 is 35.6 Å². The molecule has 4 N–H and O–H groups in total. The maximum atomic E-state index is 13.9. The summed E-state index contributed by atoms with van der Waals surface area (Å²) in [6.07, 6.45) is 7.16. The lowest BCUT2D eigenvalue weighted by molar-refractivity contribution is -0.136. The Labute approximate surface area is 451 Å². The van der Waals surface area contributed by atoms with Crippen LogP contribution in [0.4, 0.5) is 16.3 Å². The Morgan fingerprint density at radius 1 is 0.718 bits per heavy atom. The largest absolute Gasteiger partial charge is 0.483 e. The molecule has 2 aromatic heterocycles. The molecule has 3 aromatic carbocycles. The van der Waals surface area contributed by atoms with E-state index in [1.54, 1.807) is 18.5 Å². The molecule has 4 heterocycles. The highest BCUT2D eigenvalue weighted by Crippen LogP contribution is 2.34. The molecule has 3 aliphatic rings. The first-order valence-electron chi connectivity index (χ1n) is 26.1. The quantitative estimate of drug-likeness (QED) is 0.0352. The molecule has 0 radical (unpaired) electrons. The monoisotopic (exact) mass is 1070 g/mol. The van der Waals surface area contributed by atoms with E-state index in [4.69, 9.17) is 33.7 Å². The van der Waals surface area contributed by atoms with Crippen molar-refractivity contribution in [1.82, 2.24) is 30.8 Å². The molecule has 8 rings (SSSR count). The molecule has 1 saturated heterocycles. The Morgan fingerprint density at radius 3 is 2.13 bits per heavy atom. The van der Waals surface area contributed by atoms with Crippen LogP contribution >= 0.6 is 0 Å². The Bertz CT molecular complexity index is 2880. The van der Waals surface area contributed by atoms with Gasteiger partial charge in [0.1, 0.15) is 30.3 Å². The number of pyridine rings is 2. The summed E-state index contributed by atoms with van der Waals surface area (Å²) in [4.78, 5) is 88.1. The number of ether oxygens (including phenoxy) is 6. The van der Waals surface area contributed by atoms with Gasteiger partial charge in [0.15, 0.2) is 6.61 Å². The van der Waals surface area contributed by atoms with Gasteiger partial charge in [-0.2, -0.15) is 5.26 Å². The highest BCUT2D eigenvalue weighted by Gasteiger charge is 2.46. The third kappa shape index (κ3) is 15.7. The van der Waals surface area contributed by atoms with E-state index in [9.17, 15) is 28.8 Å².